The highest BCUT2D eigenvalue weighted by atomic mass is 35.5. The molecule has 0 saturated carbocycles. The van der Waals surface area contributed by atoms with E-state index in [-0.39, 0.29) is 17.6 Å². The molecule has 1 aliphatic rings. The van der Waals surface area contributed by atoms with Gasteiger partial charge in [0.05, 0.1) is 22.2 Å². The summed E-state index contributed by atoms with van der Waals surface area (Å²) in [7, 11) is 2.02. The fraction of sp³-hybridized carbons (Fsp3) is 0.409. The Morgan fingerprint density at radius 3 is 2.52 bits per heavy atom. The topological polar surface area (TPSA) is 32.3 Å². The van der Waals surface area contributed by atoms with Crippen LogP contribution in [0, 0.1) is 0 Å². The Morgan fingerprint density at radius 1 is 1.10 bits per heavy atom. The molecule has 1 saturated heterocycles. The molecule has 1 N–H and O–H groups in total. The van der Waals surface area contributed by atoms with Gasteiger partial charge in [0, 0.05) is 6.04 Å². The molecule has 0 bridgehead atoms. The van der Waals surface area contributed by atoms with Crippen molar-refractivity contribution in [2.45, 2.75) is 43.9 Å². The molecule has 2 aromatic carbocycles. The van der Waals surface area contributed by atoms with E-state index in [1.807, 2.05) is 37.4 Å². The third kappa shape index (κ3) is 5.11. The molecule has 0 aromatic heterocycles. The smallest absolute Gasteiger partial charge is 0.344 e. The Bertz CT molecular complexity index is 842. The lowest BCUT2D eigenvalue weighted by Gasteiger charge is -2.34. The molecule has 156 valence electrons. The maximum absolute atomic E-state index is 13.2. The minimum absolute atomic E-state index is 0.0495. The molecular weight excluding hydrogens is 401 g/mol. The third-order valence-corrected chi connectivity index (χ3v) is 5.86. The van der Waals surface area contributed by atoms with Crippen molar-refractivity contribution < 1.29 is 18.0 Å². The molecule has 7 heteroatoms. The Kier molecular flexibility index (Phi) is 6.85. The summed E-state index contributed by atoms with van der Waals surface area (Å²) in [4.78, 5) is 15.2. The molecule has 0 aliphatic carbocycles. The van der Waals surface area contributed by atoms with Crippen LogP contribution in [0.2, 0.25) is 5.02 Å². The summed E-state index contributed by atoms with van der Waals surface area (Å²) in [6.07, 6.45) is -0.476. The number of carbonyl (C=O) groups excluding carboxylic acids is 1. The highest BCUT2D eigenvalue weighted by Crippen LogP contribution is 2.36. The second-order valence-electron chi connectivity index (χ2n) is 7.42. The number of hydrogen-bond donors (Lipinski definition) is 1. The van der Waals surface area contributed by atoms with Crippen LogP contribution in [-0.2, 0) is 6.18 Å². The standard InChI is InChI=1S/C22H24ClF3N2O/c1-28-14-7-3-6-13-18(28)20(15-9-4-2-5-10-15)27-21(29)16-11-8-12-17(19(16)23)22(24,25)26/h2,4-5,8-12,18,20H,3,6-7,13-14H2,1H3,(H,27,29). The number of likely N-dealkylation sites (N-methyl/N-ethyl adjacent to an activating group) is 1. The lowest BCUT2D eigenvalue weighted by Crippen LogP contribution is -2.44. The number of benzene rings is 2. The highest BCUT2D eigenvalue weighted by molar-refractivity contribution is 6.34. The van der Waals surface area contributed by atoms with Crippen molar-refractivity contribution in [1.82, 2.24) is 10.2 Å². The van der Waals surface area contributed by atoms with Gasteiger partial charge in [-0.2, -0.15) is 13.2 Å². The Balaban J connectivity index is 1.93. The van der Waals surface area contributed by atoms with Gasteiger partial charge in [-0.05, 0) is 44.1 Å². The largest absolute Gasteiger partial charge is 0.417 e. The van der Waals surface area contributed by atoms with Crippen molar-refractivity contribution in [3.63, 3.8) is 0 Å². The van der Waals surface area contributed by atoms with Gasteiger partial charge in [-0.3, -0.25) is 4.79 Å². The van der Waals surface area contributed by atoms with Gasteiger partial charge in [0.25, 0.3) is 5.91 Å². The summed E-state index contributed by atoms with van der Waals surface area (Å²) < 4.78 is 39.6. The average molecular weight is 425 g/mol. The van der Waals surface area contributed by atoms with Crippen LogP contribution < -0.4 is 5.32 Å². The van der Waals surface area contributed by atoms with Gasteiger partial charge in [-0.25, -0.2) is 0 Å². The van der Waals surface area contributed by atoms with Gasteiger partial charge in [-0.15, -0.1) is 0 Å². The van der Waals surface area contributed by atoms with E-state index in [1.54, 1.807) is 0 Å². The molecular formula is C22H24ClF3N2O. The SMILES string of the molecule is CN1CCCCCC1C(NC(=O)c1cccc(C(F)(F)F)c1Cl)c1ccccc1. The summed E-state index contributed by atoms with van der Waals surface area (Å²) in [6.45, 7) is 0.911. The first kappa shape index (κ1) is 21.7. The van der Waals surface area contributed by atoms with E-state index in [1.165, 1.54) is 12.1 Å². The number of hydrogen-bond acceptors (Lipinski definition) is 2. The Morgan fingerprint density at radius 2 is 1.83 bits per heavy atom. The minimum Gasteiger partial charge on any atom is -0.344 e. The molecule has 2 unspecified atom stereocenters. The first-order chi connectivity index (χ1) is 13.8. The van der Waals surface area contributed by atoms with Crippen LogP contribution in [0.15, 0.2) is 48.5 Å². The van der Waals surface area contributed by atoms with Gasteiger partial charge < -0.3 is 10.2 Å². The minimum atomic E-state index is -4.62. The maximum atomic E-state index is 13.2. The average Bonchev–Trinajstić information content (AvgIpc) is 2.90. The van der Waals surface area contributed by atoms with Gasteiger partial charge in [0.2, 0.25) is 0 Å². The maximum Gasteiger partial charge on any atom is 0.417 e. The van der Waals surface area contributed by atoms with Crippen LogP contribution >= 0.6 is 11.6 Å². The van der Waals surface area contributed by atoms with Crippen LogP contribution in [0.1, 0.15) is 53.2 Å². The Labute approximate surface area is 173 Å². The van der Waals surface area contributed by atoms with E-state index in [4.69, 9.17) is 11.6 Å². The summed E-state index contributed by atoms with van der Waals surface area (Å²) >= 11 is 5.97. The first-order valence-electron chi connectivity index (χ1n) is 9.71. The summed E-state index contributed by atoms with van der Waals surface area (Å²) in [5.41, 5.74) is -0.254. The molecule has 0 spiro atoms. The monoisotopic (exact) mass is 424 g/mol. The number of nitrogens with zero attached hydrogens (tertiary/aromatic N) is 1. The van der Waals surface area contributed by atoms with Crippen molar-refractivity contribution in [2.24, 2.45) is 0 Å². The predicted octanol–water partition coefficient (Wildman–Crippen LogP) is 5.70. The summed E-state index contributed by atoms with van der Waals surface area (Å²) in [5, 5.41) is 2.39. The van der Waals surface area contributed by atoms with Crippen molar-refractivity contribution in [1.29, 1.82) is 0 Å². The van der Waals surface area contributed by atoms with Crippen molar-refractivity contribution >= 4 is 17.5 Å². The molecule has 1 heterocycles. The number of rotatable bonds is 4. The third-order valence-electron chi connectivity index (χ3n) is 5.46. The van der Waals surface area contributed by atoms with E-state index in [9.17, 15) is 18.0 Å². The van der Waals surface area contributed by atoms with E-state index in [2.05, 4.69) is 10.2 Å². The van der Waals surface area contributed by atoms with E-state index in [0.717, 1.165) is 43.9 Å². The molecule has 1 aliphatic heterocycles. The van der Waals surface area contributed by atoms with Crippen LogP contribution in [0.4, 0.5) is 13.2 Å². The second kappa shape index (κ2) is 9.18. The predicted molar refractivity (Wildman–Crippen MR) is 108 cm³/mol. The van der Waals surface area contributed by atoms with E-state index < -0.39 is 22.7 Å². The van der Waals surface area contributed by atoms with Gasteiger partial charge in [0.15, 0.2) is 0 Å². The molecule has 3 rings (SSSR count). The van der Waals surface area contributed by atoms with Gasteiger partial charge >= 0.3 is 6.18 Å². The number of likely N-dealkylation sites (tertiary alicyclic amines) is 1. The molecule has 1 amide bonds. The second-order valence-corrected chi connectivity index (χ2v) is 7.80. The van der Waals surface area contributed by atoms with E-state index >= 15 is 0 Å². The molecule has 3 nitrogen and oxygen atoms in total. The van der Waals surface area contributed by atoms with Crippen LogP contribution in [-0.4, -0.2) is 30.4 Å². The highest BCUT2D eigenvalue weighted by Gasteiger charge is 2.35. The lowest BCUT2D eigenvalue weighted by molar-refractivity contribution is -0.137. The van der Waals surface area contributed by atoms with Crippen LogP contribution in [0.25, 0.3) is 0 Å². The van der Waals surface area contributed by atoms with Crippen LogP contribution in [0.3, 0.4) is 0 Å². The van der Waals surface area contributed by atoms with Crippen molar-refractivity contribution in [3.8, 4) is 0 Å². The fourth-order valence-corrected chi connectivity index (χ4v) is 4.23. The zero-order valence-electron chi connectivity index (χ0n) is 16.2. The zero-order valence-corrected chi connectivity index (χ0v) is 16.9. The lowest BCUT2D eigenvalue weighted by atomic mass is 9.94. The summed E-state index contributed by atoms with van der Waals surface area (Å²) in [6, 6.07) is 12.6. The quantitative estimate of drug-likeness (QED) is 0.682. The molecule has 29 heavy (non-hydrogen) atoms. The Hall–Kier alpha value is -2.05. The van der Waals surface area contributed by atoms with E-state index in [0.29, 0.717) is 0 Å². The normalized spacial score (nSPS) is 19.4. The molecule has 2 atom stereocenters. The van der Waals surface area contributed by atoms with Gasteiger partial charge in [-0.1, -0.05) is 60.8 Å². The number of amides is 1. The van der Waals surface area contributed by atoms with Gasteiger partial charge in [0.1, 0.15) is 0 Å². The number of nitrogens with one attached hydrogen (secondary N) is 1. The molecule has 2 aromatic rings. The number of carbonyl (C=O) groups is 1. The number of alkyl halides is 3. The molecule has 0 radical (unpaired) electrons. The zero-order chi connectivity index (χ0) is 21.0. The fourth-order valence-electron chi connectivity index (χ4n) is 3.91. The van der Waals surface area contributed by atoms with Crippen molar-refractivity contribution in [3.05, 3.63) is 70.2 Å². The van der Waals surface area contributed by atoms with Crippen molar-refractivity contribution in [2.75, 3.05) is 13.6 Å². The van der Waals surface area contributed by atoms with Crippen LogP contribution in [0.5, 0.6) is 0 Å². The number of halogens is 4. The first-order valence-corrected chi connectivity index (χ1v) is 10.1. The summed E-state index contributed by atoms with van der Waals surface area (Å²) in [5.74, 6) is -0.604. The molecule has 1 fully saturated rings.